The highest BCUT2D eigenvalue weighted by Crippen LogP contribution is 2.11. The largest absolute Gasteiger partial charge is 0.484 e. The third kappa shape index (κ3) is 5.68. The number of nitrogens with zero attached hydrogens (tertiary/aromatic N) is 2. The topological polar surface area (TPSA) is 74.5 Å². The van der Waals surface area contributed by atoms with E-state index < -0.39 is 0 Å². The van der Waals surface area contributed by atoms with Gasteiger partial charge in [-0.25, -0.2) is 5.43 Å². The van der Waals surface area contributed by atoms with E-state index in [4.69, 9.17) is 10.00 Å². The molecule has 1 amide bonds. The van der Waals surface area contributed by atoms with Crippen molar-refractivity contribution in [3.63, 3.8) is 0 Å². The Balaban J connectivity index is 2.37. The summed E-state index contributed by atoms with van der Waals surface area (Å²) in [5, 5.41) is 12.6. The summed E-state index contributed by atoms with van der Waals surface area (Å²) in [6, 6.07) is 8.58. The molecule has 0 spiro atoms. The van der Waals surface area contributed by atoms with Gasteiger partial charge in [0.2, 0.25) is 0 Å². The molecule has 0 aliphatic heterocycles. The van der Waals surface area contributed by atoms with Crippen molar-refractivity contribution in [2.45, 2.75) is 26.7 Å². The third-order valence-electron chi connectivity index (χ3n) is 2.34. The molecule has 0 fully saturated rings. The second kappa shape index (κ2) is 7.88. The van der Waals surface area contributed by atoms with Gasteiger partial charge in [-0.05, 0) is 37.6 Å². The molecule has 0 radical (unpaired) electrons. The summed E-state index contributed by atoms with van der Waals surface area (Å²) in [5.41, 5.74) is 3.87. The Morgan fingerprint density at radius 3 is 2.68 bits per heavy atom. The van der Waals surface area contributed by atoms with Crippen molar-refractivity contribution in [1.29, 1.82) is 5.26 Å². The number of hydrogen-bond acceptors (Lipinski definition) is 4. The van der Waals surface area contributed by atoms with Crippen molar-refractivity contribution in [2.75, 3.05) is 6.61 Å². The highest BCUT2D eigenvalue weighted by Gasteiger charge is 2.02. The molecule has 0 heterocycles. The number of hydrogen-bond donors (Lipinski definition) is 1. The highest BCUT2D eigenvalue weighted by molar-refractivity contribution is 5.84. The van der Waals surface area contributed by atoms with Crippen LogP contribution in [0.4, 0.5) is 0 Å². The smallest absolute Gasteiger partial charge is 0.277 e. The molecule has 1 N–H and O–H groups in total. The van der Waals surface area contributed by atoms with Gasteiger partial charge in [0.15, 0.2) is 6.61 Å². The molecule has 1 rings (SSSR count). The Morgan fingerprint density at radius 1 is 1.42 bits per heavy atom. The van der Waals surface area contributed by atoms with Crippen LogP contribution in [0.5, 0.6) is 5.75 Å². The van der Waals surface area contributed by atoms with Gasteiger partial charge in [0, 0.05) is 5.71 Å². The van der Waals surface area contributed by atoms with E-state index in [1.54, 1.807) is 24.3 Å². The molecule has 0 saturated carbocycles. The summed E-state index contributed by atoms with van der Waals surface area (Å²) in [6.07, 6.45) is 1.85. The van der Waals surface area contributed by atoms with Crippen LogP contribution in [0.15, 0.2) is 29.4 Å². The minimum Gasteiger partial charge on any atom is -0.484 e. The van der Waals surface area contributed by atoms with Crippen LogP contribution in [0.3, 0.4) is 0 Å². The molecule has 0 atom stereocenters. The maximum absolute atomic E-state index is 11.5. The van der Waals surface area contributed by atoms with Crippen LogP contribution < -0.4 is 10.2 Å². The average Bonchev–Trinajstić information content (AvgIpc) is 2.44. The predicted molar refractivity (Wildman–Crippen MR) is 72.8 cm³/mol. The van der Waals surface area contributed by atoms with Crippen LogP contribution >= 0.6 is 0 Å². The minimum absolute atomic E-state index is 0.102. The predicted octanol–water partition coefficient (Wildman–Crippen LogP) is 2.23. The fraction of sp³-hybridized carbons (Fsp3) is 0.357. The van der Waals surface area contributed by atoms with Crippen LogP contribution in [0, 0.1) is 11.3 Å². The number of carbonyl (C=O) groups excluding carboxylic acids is 1. The molecule has 0 saturated heterocycles. The summed E-state index contributed by atoms with van der Waals surface area (Å²) in [4.78, 5) is 11.5. The summed E-state index contributed by atoms with van der Waals surface area (Å²) < 4.78 is 5.27. The first-order chi connectivity index (χ1) is 9.15. The van der Waals surface area contributed by atoms with Gasteiger partial charge in [-0.2, -0.15) is 10.4 Å². The zero-order chi connectivity index (χ0) is 14.1. The van der Waals surface area contributed by atoms with Crippen LogP contribution in [0.1, 0.15) is 32.3 Å². The number of carbonyl (C=O) groups is 1. The van der Waals surface area contributed by atoms with Gasteiger partial charge in [-0.3, -0.25) is 4.79 Å². The second-order valence-electron chi connectivity index (χ2n) is 4.06. The molecule has 0 aliphatic carbocycles. The second-order valence-corrected chi connectivity index (χ2v) is 4.06. The van der Waals surface area contributed by atoms with Crippen molar-refractivity contribution < 1.29 is 9.53 Å². The lowest BCUT2D eigenvalue weighted by Crippen LogP contribution is -2.25. The minimum atomic E-state index is -0.306. The van der Waals surface area contributed by atoms with Crippen molar-refractivity contribution in [1.82, 2.24) is 5.43 Å². The number of hydrazone groups is 1. The fourth-order valence-corrected chi connectivity index (χ4v) is 1.38. The molecule has 0 aliphatic rings. The van der Waals surface area contributed by atoms with Gasteiger partial charge < -0.3 is 4.74 Å². The van der Waals surface area contributed by atoms with E-state index in [9.17, 15) is 4.79 Å². The van der Waals surface area contributed by atoms with Crippen LogP contribution in [0.2, 0.25) is 0 Å². The average molecular weight is 259 g/mol. The van der Waals surface area contributed by atoms with Crippen molar-refractivity contribution in [2.24, 2.45) is 5.10 Å². The van der Waals surface area contributed by atoms with Crippen molar-refractivity contribution in [3.05, 3.63) is 29.8 Å². The maximum Gasteiger partial charge on any atom is 0.277 e. The molecule has 19 heavy (non-hydrogen) atoms. The number of nitriles is 1. The molecule has 5 heteroatoms. The maximum atomic E-state index is 11.5. The molecule has 5 nitrogen and oxygen atoms in total. The van der Waals surface area contributed by atoms with Crippen LogP contribution in [-0.4, -0.2) is 18.2 Å². The normalized spacial score (nSPS) is 10.7. The molecule has 100 valence electrons. The monoisotopic (exact) mass is 259 g/mol. The first-order valence-electron chi connectivity index (χ1n) is 6.10. The number of amides is 1. The SMILES string of the molecule is CCC/C(C)=N\NC(=O)COc1ccc(C#N)cc1. The third-order valence-corrected chi connectivity index (χ3v) is 2.34. The van der Waals surface area contributed by atoms with Crippen molar-refractivity contribution in [3.8, 4) is 11.8 Å². The molecular weight excluding hydrogens is 242 g/mol. The number of rotatable bonds is 6. The lowest BCUT2D eigenvalue weighted by molar-refractivity contribution is -0.123. The fourth-order valence-electron chi connectivity index (χ4n) is 1.38. The quantitative estimate of drug-likeness (QED) is 0.628. The molecular formula is C14H17N3O2. The van der Waals surface area contributed by atoms with Gasteiger partial charge in [-0.1, -0.05) is 13.3 Å². The van der Waals surface area contributed by atoms with Gasteiger partial charge >= 0.3 is 0 Å². The Hall–Kier alpha value is -2.35. The Bertz CT molecular complexity index is 486. The van der Waals surface area contributed by atoms with E-state index in [0.29, 0.717) is 11.3 Å². The Kier molecular flexibility index (Phi) is 6.10. The van der Waals surface area contributed by atoms with Crippen LogP contribution in [0.25, 0.3) is 0 Å². The molecule has 0 bridgehead atoms. The number of benzene rings is 1. The van der Waals surface area contributed by atoms with E-state index in [0.717, 1.165) is 18.6 Å². The van der Waals surface area contributed by atoms with E-state index in [1.165, 1.54) is 0 Å². The van der Waals surface area contributed by atoms with E-state index >= 15 is 0 Å². The molecule has 0 unspecified atom stereocenters. The lowest BCUT2D eigenvalue weighted by Gasteiger charge is -2.05. The molecule has 1 aromatic rings. The summed E-state index contributed by atoms with van der Waals surface area (Å²) in [5.74, 6) is 0.239. The van der Waals surface area contributed by atoms with Crippen molar-refractivity contribution >= 4 is 11.6 Å². The summed E-state index contributed by atoms with van der Waals surface area (Å²) in [7, 11) is 0. The highest BCUT2D eigenvalue weighted by atomic mass is 16.5. The van der Waals surface area contributed by atoms with Crippen LogP contribution in [-0.2, 0) is 4.79 Å². The van der Waals surface area contributed by atoms with E-state index in [1.807, 2.05) is 13.0 Å². The van der Waals surface area contributed by atoms with Gasteiger partial charge in [0.25, 0.3) is 5.91 Å². The first kappa shape index (κ1) is 14.7. The van der Waals surface area contributed by atoms with E-state index in [2.05, 4.69) is 17.5 Å². The van der Waals surface area contributed by atoms with Gasteiger partial charge in [0.05, 0.1) is 11.6 Å². The van der Waals surface area contributed by atoms with E-state index in [-0.39, 0.29) is 12.5 Å². The zero-order valence-electron chi connectivity index (χ0n) is 11.1. The molecule has 0 aromatic heterocycles. The van der Waals surface area contributed by atoms with Gasteiger partial charge in [-0.15, -0.1) is 0 Å². The zero-order valence-corrected chi connectivity index (χ0v) is 11.1. The standard InChI is InChI=1S/C14H17N3O2/c1-3-4-11(2)16-17-14(18)10-19-13-7-5-12(9-15)6-8-13/h5-8H,3-4,10H2,1-2H3,(H,17,18)/b16-11-. The molecule has 1 aromatic carbocycles. The van der Waals surface area contributed by atoms with Gasteiger partial charge in [0.1, 0.15) is 5.75 Å². The summed E-state index contributed by atoms with van der Waals surface area (Å²) >= 11 is 0. The first-order valence-corrected chi connectivity index (χ1v) is 6.10. The Labute approximate surface area is 112 Å². The summed E-state index contributed by atoms with van der Waals surface area (Å²) in [6.45, 7) is 3.81. The lowest BCUT2D eigenvalue weighted by atomic mass is 10.2. The number of nitrogens with one attached hydrogen (secondary N) is 1. The number of ether oxygens (including phenoxy) is 1. The Morgan fingerprint density at radius 2 is 2.11 bits per heavy atom.